The Hall–Kier alpha value is -2.13. The summed E-state index contributed by atoms with van der Waals surface area (Å²) in [5.74, 6) is 0.613. The van der Waals surface area contributed by atoms with Crippen LogP contribution in [0.3, 0.4) is 0 Å². The molecule has 154 valence electrons. The number of hydrogen-bond donors (Lipinski definition) is 1. The summed E-state index contributed by atoms with van der Waals surface area (Å²) < 4.78 is 0. The van der Waals surface area contributed by atoms with Crippen molar-refractivity contribution >= 4 is 5.91 Å². The average Bonchev–Trinajstić information content (AvgIpc) is 3.18. The summed E-state index contributed by atoms with van der Waals surface area (Å²) in [6.07, 6.45) is 6.84. The van der Waals surface area contributed by atoms with Gasteiger partial charge in [-0.05, 0) is 49.8 Å². The maximum absolute atomic E-state index is 13.4. The van der Waals surface area contributed by atoms with Gasteiger partial charge in [-0.2, -0.15) is 0 Å². The maximum atomic E-state index is 13.4. The zero-order chi connectivity index (χ0) is 20.2. The molecule has 1 saturated heterocycles. The summed E-state index contributed by atoms with van der Waals surface area (Å²) in [5, 5.41) is 3.80. The molecular weight excluding hydrogens is 356 g/mol. The number of hydrogen-bond acceptors (Lipinski definition) is 2. The van der Waals surface area contributed by atoms with E-state index in [2.05, 4.69) is 72.6 Å². The largest absolute Gasteiger partial charge is 0.334 e. The second-order valence-corrected chi connectivity index (χ2v) is 8.93. The highest BCUT2D eigenvalue weighted by Gasteiger charge is 2.40. The first kappa shape index (κ1) is 20.2. The number of aryl methyl sites for hydroxylation is 2. The number of benzene rings is 2. The summed E-state index contributed by atoms with van der Waals surface area (Å²) in [6, 6.07) is 17.7. The number of rotatable bonds is 5. The minimum Gasteiger partial charge on any atom is -0.334 e. The molecule has 4 rings (SSSR count). The van der Waals surface area contributed by atoms with Crippen LogP contribution in [-0.4, -0.2) is 23.4 Å². The normalized spacial score (nSPS) is 22.8. The average molecular weight is 391 g/mol. The Labute approximate surface area is 175 Å². The molecule has 29 heavy (non-hydrogen) atoms. The van der Waals surface area contributed by atoms with Crippen LogP contribution in [0.25, 0.3) is 0 Å². The van der Waals surface area contributed by atoms with Gasteiger partial charge in [-0.15, -0.1) is 0 Å². The molecule has 0 bridgehead atoms. The molecule has 0 aromatic heterocycles. The molecule has 1 N–H and O–H groups in total. The maximum Gasteiger partial charge on any atom is 0.226 e. The molecule has 1 aliphatic carbocycles. The van der Waals surface area contributed by atoms with Crippen molar-refractivity contribution in [2.75, 3.05) is 6.54 Å². The minimum atomic E-state index is 0.136. The highest BCUT2D eigenvalue weighted by Crippen LogP contribution is 2.36. The first-order valence-corrected chi connectivity index (χ1v) is 11.3. The van der Waals surface area contributed by atoms with E-state index < -0.39 is 0 Å². The lowest BCUT2D eigenvalue weighted by Crippen LogP contribution is -2.41. The van der Waals surface area contributed by atoms with Crippen LogP contribution >= 0.6 is 0 Å². The van der Waals surface area contributed by atoms with Crippen LogP contribution in [0.2, 0.25) is 0 Å². The van der Waals surface area contributed by atoms with Crippen LogP contribution in [0.4, 0.5) is 0 Å². The zero-order valence-corrected chi connectivity index (χ0v) is 17.9. The molecule has 2 aliphatic rings. The first-order chi connectivity index (χ1) is 14.1. The Kier molecular flexibility index (Phi) is 6.34. The predicted octanol–water partition coefficient (Wildman–Crippen LogP) is 5.32. The molecule has 1 amide bonds. The van der Waals surface area contributed by atoms with Gasteiger partial charge in [-0.25, -0.2) is 0 Å². The molecule has 1 aliphatic heterocycles. The number of nitrogens with one attached hydrogen (secondary N) is 1. The van der Waals surface area contributed by atoms with Gasteiger partial charge < -0.3 is 10.2 Å². The Morgan fingerprint density at radius 1 is 1.00 bits per heavy atom. The highest BCUT2D eigenvalue weighted by atomic mass is 16.2. The molecule has 2 aromatic carbocycles. The molecule has 3 nitrogen and oxygen atoms in total. The van der Waals surface area contributed by atoms with E-state index >= 15 is 0 Å². The monoisotopic (exact) mass is 390 g/mol. The zero-order valence-electron chi connectivity index (χ0n) is 17.9. The second kappa shape index (κ2) is 9.13. The van der Waals surface area contributed by atoms with Crippen molar-refractivity contribution in [1.82, 2.24) is 10.2 Å². The molecular formula is C26H34N2O. The summed E-state index contributed by atoms with van der Waals surface area (Å²) >= 11 is 0. The van der Waals surface area contributed by atoms with Gasteiger partial charge >= 0.3 is 0 Å². The van der Waals surface area contributed by atoms with Crippen molar-refractivity contribution < 1.29 is 4.79 Å². The molecule has 2 fully saturated rings. The van der Waals surface area contributed by atoms with E-state index in [9.17, 15) is 4.79 Å². The fraction of sp³-hybridized carbons (Fsp3) is 0.500. The Morgan fingerprint density at radius 3 is 2.48 bits per heavy atom. The second-order valence-electron chi connectivity index (χ2n) is 8.93. The van der Waals surface area contributed by atoms with Gasteiger partial charge in [0.05, 0.1) is 6.04 Å². The van der Waals surface area contributed by atoms with Gasteiger partial charge in [0.15, 0.2) is 0 Å². The van der Waals surface area contributed by atoms with E-state index in [1.165, 1.54) is 41.5 Å². The van der Waals surface area contributed by atoms with E-state index in [0.717, 1.165) is 32.4 Å². The lowest BCUT2D eigenvalue weighted by atomic mass is 9.87. The molecule has 0 spiro atoms. The first-order valence-electron chi connectivity index (χ1n) is 11.3. The summed E-state index contributed by atoms with van der Waals surface area (Å²) in [6.45, 7) is 6.04. The molecule has 3 heteroatoms. The van der Waals surface area contributed by atoms with Gasteiger partial charge in [0.2, 0.25) is 5.91 Å². The van der Waals surface area contributed by atoms with Gasteiger partial charge in [0.1, 0.15) is 0 Å². The van der Waals surface area contributed by atoms with Crippen LogP contribution < -0.4 is 5.32 Å². The van der Waals surface area contributed by atoms with Gasteiger partial charge in [-0.3, -0.25) is 4.79 Å². The number of likely N-dealkylation sites (tertiary alicyclic amines) is 1. The highest BCUT2D eigenvalue weighted by molar-refractivity contribution is 5.80. The van der Waals surface area contributed by atoms with Crippen molar-refractivity contribution in [2.45, 2.75) is 71.0 Å². The smallest absolute Gasteiger partial charge is 0.226 e. The number of amides is 1. The molecule has 2 atom stereocenters. The van der Waals surface area contributed by atoms with Crippen LogP contribution in [0.5, 0.6) is 0 Å². The molecule has 1 heterocycles. The third-order valence-corrected chi connectivity index (χ3v) is 6.83. The predicted molar refractivity (Wildman–Crippen MR) is 119 cm³/mol. The standard InChI is InChI=1S/C26H34N2O/c1-19-13-14-23(20(2)17-19)18-27-24-15-16-28(25(24)21-9-5-3-6-10-21)26(29)22-11-7-4-8-12-22/h3,5-6,9-10,13-14,17,22,24-25,27H,4,7-8,11-12,15-16,18H2,1-2H3. The molecule has 1 saturated carbocycles. The van der Waals surface area contributed by atoms with E-state index in [4.69, 9.17) is 0 Å². The third kappa shape index (κ3) is 4.56. The summed E-state index contributed by atoms with van der Waals surface area (Å²) in [7, 11) is 0. The Morgan fingerprint density at radius 2 is 1.76 bits per heavy atom. The van der Waals surface area contributed by atoms with Crippen LogP contribution in [0, 0.1) is 19.8 Å². The number of carbonyl (C=O) groups is 1. The molecule has 2 unspecified atom stereocenters. The molecule has 0 radical (unpaired) electrons. The van der Waals surface area contributed by atoms with Crippen LogP contribution in [0.1, 0.15) is 66.8 Å². The lowest BCUT2D eigenvalue weighted by molar-refractivity contribution is -0.137. The quantitative estimate of drug-likeness (QED) is 0.750. The van der Waals surface area contributed by atoms with Gasteiger partial charge in [-0.1, -0.05) is 73.4 Å². The fourth-order valence-electron chi connectivity index (χ4n) is 5.19. The van der Waals surface area contributed by atoms with Gasteiger partial charge in [0, 0.05) is 25.0 Å². The molecule has 2 aromatic rings. The van der Waals surface area contributed by atoms with Crippen molar-refractivity contribution in [2.24, 2.45) is 5.92 Å². The van der Waals surface area contributed by atoms with Crippen LogP contribution in [0.15, 0.2) is 48.5 Å². The van der Waals surface area contributed by atoms with Crippen molar-refractivity contribution in [3.05, 3.63) is 70.8 Å². The van der Waals surface area contributed by atoms with Crippen molar-refractivity contribution in [1.29, 1.82) is 0 Å². The third-order valence-electron chi connectivity index (χ3n) is 6.83. The Bertz CT molecular complexity index is 826. The minimum absolute atomic E-state index is 0.136. The van der Waals surface area contributed by atoms with Crippen molar-refractivity contribution in [3.8, 4) is 0 Å². The topological polar surface area (TPSA) is 32.3 Å². The summed E-state index contributed by atoms with van der Waals surface area (Å²) in [4.78, 5) is 15.6. The van der Waals surface area contributed by atoms with E-state index in [-0.39, 0.29) is 12.0 Å². The SMILES string of the molecule is Cc1ccc(CNC2CCN(C(=O)C3CCCCC3)C2c2ccccc2)c(C)c1. The van der Waals surface area contributed by atoms with Crippen LogP contribution in [-0.2, 0) is 11.3 Å². The van der Waals surface area contributed by atoms with E-state index in [0.29, 0.717) is 11.9 Å². The van der Waals surface area contributed by atoms with Crippen molar-refractivity contribution in [3.63, 3.8) is 0 Å². The lowest BCUT2D eigenvalue weighted by Gasteiger charge is -2.33. The Balaban J connectivity index is 1.52. The van der Waals surface area contributed by atoms with E-state index in [1.54, 1.807) is 0 Å². The number of carbonyl (C=O) groups excluding carboxylic acids is 1. The number of nitrogens with zero attached hydrogens (tertiary/aromatic N) is 1. The summed E-state index contributed by atoms with van der Waals surface area (Å²) in [5.41, 5.74) is 5.24. The van der Waals surface area contributed by atoms with Gasteiger partial charge in [0.25, 0.3) is 0 Å². The fourth-order valence-corrected chi connectivity index (χ4v) is 5.19. The van der Waals surface area contributed by atoms with E-state index in [1.807, 2.05) is 0 Å².